The molecule has 0 aromatic rings. The van der Waals surface area contributed by atoms with Gasteiger partial charge in [0.1, 0.15) is 0 Å². The van der Waals surface area contributed by atoms with Gasteiger partial charge in [-0.15, -0.1) is 0 Å². The molecular weight excluding hydrogens is 122 g/mol. The van der Waals surface area contributed by atoms with Crippen LogP contribution in [0.15, 0.2) is 0 Å². The third-order valence-corrected chi connectivity index (χ3v) is 2.03. The minimum atomic E-state index is -0.217. The summed E-state index contributed by atoms with van der Waals surface area (Å²) < 4.78 is 8.01. The molecular formula is C9H21N. The van der Waals surface area contributed by atoms with Crippen LogP contribution in [0.2, 0.25) is 0 Å². The smallest absolute Gasteiger partial charge is 0.0316 e. The van der Waals surface area contributed by atoms with Crippen LogP contribution in [0.25, 0.3) is 0 Å². The SMILES string of the molecule is [3H]C(CC)(CC)CN(C)CC. The molecule has 0 heterocycles. The largest absolute Gasteiger partial charge is 0.306 e. The molecule has 1 nitrogen and oxygen atoms in total. The van der Waals surface area contributed by atoms with E-state index in [4.69, 9.17) is 1.37 Å². The van der Waals surface area contributed by atoms with Crippen LogP contribution in [0.1, 0.15) is 35.0 Å². The van der Waals surface area contributed by atoms with Crippen molar-refractivity contribution in [2.75, 3.05) is 20.1 Å². The summed E-state index contributed by atoms with van der Waals surface area (Å²) in [6.07, 6.45) is 1.90. The van der Waals surface area contributed by atoms with Gasteiger partial charge in [0.2, 0.25) is 0 Å². The van der Waals surface area contributed by atoms with Gasteiger partial charge in [-0.05, 0) is 19.5 Å². The third-order valence-electron chi connectivity index (χ3n) is 2.03. The van der Waals surface area contributed by atoms with Gasteiger partial charge in [-0.3, -0.25) is 0 Å². The second-order valence-corrected chi connectivity index (χ2v) is 2.79. The predicted molar refractivity (Wildman–Crippen MR) is 47.2 cm³/mol. The van der Waals surface area contributed by atoms with Gasteiger partial charge < -0.3 is 4.90 Å². The summed E-state index contributed by atoms with van der Waals surface area (Å²) in [6.45, 7) is 8.27. The van der Waals surface area contributed by atoms with Gasteiger partial charge in [0.25, 0.3) is 0 Å². The Labute approximate surface area is 66.8 Å². The topological polar surface area (TPSA) is 3.24 Å². The normalized spacial score (nSPS) is 13.9. The molecule has 0 N–H and O–H groups in total. The lowest BCUT2D eigenvalue weighted by molar-refractivity contribution is 0.278. The summed E-state index contributed by atoms with van der Waals surface area (Å²) >= 11 is 0. The highest BCUT2D eigenvalue weighted by atomic mass is 15.1. The van der Waals surface area contributed by atoms with Crippen LogP contribution in [0.3, 0.4) is 0 Å². The third kappa shape index (κ3) is 3.89. The fraction of sp³-hybridized carbons (Fsp3) is 1.00. The highest BCUT2D eigenvalue weighted by Gasteiger charge is 2.04. The van der Waals surface area contributed by atoms with Crippen molar-refractivity contribution in [3.8, 4) is 0 Å². The Morgan fingerprint density at radius 3 is 2.10 bits per heavy atom. The first kappa shape index (κ1) is 8.06. The van der Waals surface area contributed by atoms with Crippen LogP contribution in [0.5, 0.6) is 0 Å². The maximum Gasteiger partial charge on any atom is 0.0316 e. The fourth-order valence-electron chi connectivity index (χ4n) is 0.967. The van der Waals surface area contributed by atoms with Crippen molar-refractivity contribution < 1.29 is 1.37 Å². The highest BCUT2D eigenvalue weighted by Crippen LogP contribution is 2.07. The summed E-state index contributed by atoms with van der Waals surface area (Å²) in [6, 6.07) is 0. The monoisotopic (exact) mass is 145 g/mol. The van der Waals surface area contributed by atoms with Crippen LogP contribution in [-0.2, 0) is 0 Å². The average Bonchev–Trinajstić information content (AvgIpc) is 2.04. The van der Waals surface area contributed by atoms with Gasteiger partial charge in [0, 0.05) is 7.92 Å². The molecule has 1 heteroatoms. The van der Waals surface area contributed by atoms with Gasteiger partial charge in [0.05, 0.1) is 0 Å². The van der Waals surface area contributed by atoms with E-state index >= 15 is 0 Å². The molecule has 0 spiro atoms. The molecule has 0 aliphatic carbocycles. The maximum atomic E-state index is 8.01. The van der Waals surface area contributed by atoms with E-state index in [0.29, 0.717) is 0 Å². The Bertz CT molecular complexity index is 99.7. The molecule has 0 atom stereocenters. The number of hydrogen-bond acceptors (Lipinski definition) is 1. The van der Waals surface area contributed by atoms with Crippen molar-refractivity contribution in [1.29, 1.82) is 0 Å². The Morgan fingerprint density at radius 2 is 1.80 bits per heavy atom. The van der Waals surface area contributed by atoms with Crippen molar-refractivity contribution >= 4 is 0 Å². The van der Waals surface area contributed by atoms with Crippen LogP contribution < -0.4 is 0 Å². The standard InChI is InChI=1S/C9H21N/c1-5-9(6-2)8-10(4)7-3/h9H,5-8H2,1-4H3/i9T. The van der Waals surface area contributed by atoms with E-state index in [1.54, 1.807) is 0 Å². The van der Waals surface area contributed by atoms with E-state index in [0.717, 1.165) is 25.9 Å². The van der Waals surface area contributed by atoms with Crippen molar-refractivity contribution in [2.24, 2.45) is 5.89 Å². The number of nitrogens with zero attached hydrogens (tertiary/aromatic N) is 1. The highest BCUT2D eigenvalue weighted by molar-refractivity contribution is 4.58. The Kier molecular flexibility index (Phi) is 4.61. The van der Waals surface area contributed by atoms with Gasteiger partial charge in [-0.2, -0.15) is 0 Å². The molecule has 0 saturated heterocycles. The minimum absolute atomic E-state index is 0.217. The van der Waals surface area contributed by atoms with Crippen LogP contribution >= 0.6 is 0 Å². The molecule has 0 aliphatic heterocycles. The lowest BCUT2D eigenvalue weighted by Crippen LogP contribution is -2.24. The maximum absolute atomic E-state index is 8.01. The van der Waals surface area contributed by atoms with Gasteiger partial charge >= 0.3 is 0 Å². The molecule has 0 aromatic carbocycles. The van der Waals surface area contributed by atoms with Crippen LogP contribution in [0.4, 0.5) is 0 Å². The average molecular weight is 145 g/mol. The second kappa shape index (κ2) is 5.72. The van der Waals surface area contributed by atoms with Gasteiger partial charge in [-0.1, -0.05) is 33.6 Å². The van der Waals surface area contributed by atoms with E-state index in [1.165, 1.54) is 0 Å². The van der Waals surface area contributed by atoms with Crippen molar-refractivity contribution in [3.63, 3.8) is 0 Å². The first-order valence-electron chi connectivity index (χ1n) is 4.76. The van der Waals surface area contributed by atoms with E-state index in [9.17, 15) is 0 Å². The molecule has 10 heavy (non-hydrogen) atoms. The summed E-state index contributed by atoms with van der Waals surface area (Å²) in [5.41, 5.74) is 0. The zero-order chi connectivity index (χ0) is 8.91. The lowest BCUT2D eigenvalue weighted by Gasteiger charge is -2.20. The Balaban J connectivity index is 3.86. The molecule has 0 radical (unpaired) electrons. The molecule has 62 valence electrons. The van der Waals surface area contributed by atoms with Crippen molar-refractivity contribution in [3.05, 3.63) is 0 Å². The first-order chi connectivity index (χ1) is 5.08. The summed E-state index contributed by atoms with van der Waals surface area (Å²) in [5.74, 6) is -0.217. The first-order valence-corrected chi connectivity index (χ1v) is 4.26. The van der Waals surface area contributed by atoms with Crippen LogP contribution in [-0.4, -0.2) is 25.0 Å². The van der Waals surface area contributed by atoms with E-state index < -0.39 is 0 Å². The molecule has 0 aromatic heterocycles. The fourth-order valence-corrected chi connectivity index (χ4v) is 0.967. The second-order valence-electron chi connectivity index (χ2n) is 2.79. The van der Waals surface area contributed by atoms with E-state index in [2.05, 4.69) is 32.7 Å². The Hall–Kier alpha value is -0.0400. The summed E-state index contributed by atoms with van der Waals surface area (Å²) in [5, 5.41) is 0. The van der Waals surface area contributed by atoms with E-state index in [1.807, 2.05) is 0 Å². The van der Waals surface area contributed by atoms with Gasteiger partial charge in [0.15, 0.2) is 0 Å². The van der Waals surface area contributed by atoms with Crippen molar-refractivity contribution in [1.82, 2.24) is 4.90 Å². The Morgan fingerprint density at radius 1 is 1.30 bits per heavy atom. The quantitative estimate of drug-likeness (QED) is 0.574. The van der Waals surface area contributed by atoms with Crippen molar-refractivity contribution in [2.45, 2.75) is 33.6 Å². The number of hydrogen-bond donors (Lipinski definition) is 0. The van der Waals surface area contributed by atoms with Gasteiger partial charge in [-0.25, -0.2) is 0 Å². The van der Waals surface area contributed by atoms with Crippen LogP contribution in [0, 0.1) is 5.89 Å². The minimum Gasteiger partial charge on any atom is -0.306 e. The molecule has 0 rings (SSSR count). The molecule has 0 unspecified atom stereocenters. The molecule has 0 fully saturated rings. The predicted octanol–water partition coefficient (Wildman–Crippen LogP) is 2.37. The van der Waals surface area contributed by atoms with E-state index in [-0.39, 0.29) is 5.89 Å². The molecule has 0 bridgehead atoms. The zero-order valence-corrected chi connectivity index (χ0v) is 7.78. The molecule has 0 saturated carbocycles. The number of rotatable bonds is 5. The lowest BCUT2D eigenvalue weighted by atomic mass is 10.0. The molecule has 0 amide bonds. The molecule has 0 aliphatic rings. The summed E-state index contributed by atoms with van der Waals surface area (Å²) in [7, 11) is 2.08. The zero-order valence-electron chi connectivity index (χ0n) is 8.78. The summed E-state index contributed by atoms with van der Waals surface area (Å²) in [4.78, 5) is 2.21.